The fourth-order valence-corrected chi connectivity index (χ4v) is 2.48. The number of fused-ring (bicyclic) bond motifs is 1. The minimum Gasteiger partial charge on any atom is -0.250 e. The van der Waals surface area contributed by atoms with Gasteiger partial charge in [0.15, 0.2) is 5.82 Å². The molecule has 17 heavy (non-hydrogen) atoms. The van der Waals surface area contributed by atoms with E-state index >= 15 is 0 Å². The van der Waals surface area contributed by atoms with Crippen molar-refractivity contribution in [1.82, 2.24) is 4.98 Å². The molecule has 0 saturated carbocycles. The average molecular weight is 317 g/mol. The predicted octanol–water partition coefficient (Wildman–Crippen LogP) is 4.99. The van der Waals surface area contributed by atoms with Crippen LogP contribution >= 0.6 is 27.5 Å². The van der Waals surface area contributed by atoms with E-state index in [1.165, 1.54) is 6.07 Å². The van der Waals surface area contributed by atoms with Gasteiger partial charge in [-0.1, -0.05) is 41.4 Å². The van der Waals surface area contributed by atoms with Crippen LogP contribution in [0, 0.1) is 11.7 Å². The second-order valence-electron chi connectivity index (χ2n) is 4.48. The van der Waals surface area contributed by atoms with Crippen LogP contribution in [-0.2, 0) is 6.42 Å². The Morgan fingerprint density at radius 1 is 1.35 bits per heavy atom. The Balaban J connectivity index is 2.64. The lowest BCUT2D eigenvalue weighted by Gasteiger charge is -2.08. The summed E-state index contributed by atoms with van der Waals surface area (Å²) in [6.07, 6.45) is 0.797. The summed E-state index contributed by atoms with van der Waals surface area (Å²) < 4.78 is 14.5. The highest BCUT2D eigenvalue weighted by atomic mass is 79.9. The molecule has 0 radical (unpaired) electrons. The fourth-order valence-electron chi connectivity index (χ4n) is 1.78. The number of nitrogens with zero attached hydrogens (tertiary/aromatic N) is 1. The van der Waals surface area contributed by atoms with Gasteiger partial charge < -0.3 is 0 Å². The van der Waals surface area contributed by atoms with E-state index in [4.69, 9.17) is 11.6 Å². The number of pyridine rings is 1. The third-order valence-electron chi connectivity index (χ3n) is 2.45. The highest BCUT2D eigenvalue weighted by Gasteiger charge is 2.10. The standard InChI is InChI=1S/C13H12BrClFN/c1-7(2)3-9-6-11(15)10-4-8(14)5-12(16)13(10)17-9/h4-7H,3H2,1-2H3. The fraction of sp³-hybridized carbons (Fsp3) is 0.308. The van der Waals surface area contributed by atoms with Gasteiger partial charge in [0.05, 0.1) is 5.02 Å². The van der Waals surface area contributed by atoms with Crippen molar-refractivity contribution in [2.24, 2.45) is 5.92 Å². The highest BCUT2D eigenvalue weighted by molar-refractivity contribution is 9.10. The molecule has 0 amide bonds. The van der Waals surface area contributed by atoms with Crippen LogP contribution in [0.25, 0.3) is 10.9 Å². The molecular formula is C13H12BrClFN. The lowest BCUT2D eigenvalue weighted by molar-refractivity contribution is 0.625. The van der Waals surface area contributed by atoms with E-state index in [-0.39, 0.29) is 5.82 Å². The van der Waals surface area contributed by atoms with Crippen LogP contribution in [-0.4, -0.2) is 4.98 Å². The number of rotatable bonds is 2. The molecule has 0 unspecified atom stereocenters. The molecular weight excluding hydrogens is 305 g/mol. The Bertz CT molecular complexity index is 569. The summed E-state index contributed by atoms with van der Waals surface area (Å²) in [6.45, 7) is 4.19. The molecule has 0 saturated heterocycles. The topological polar surface area (TPSA) is 12.9 Å². The largest absolute Gasteiger partial charge is 0.250 e. The molecule has 0 aliphatic heterocycles. The normalized spacial score (nSPS) is 11.4. The molecule has 1 aromatic heterocycles. The van der Waals surface area contributed by atoms with E-state index < -0.39 is 0 Å². The maximum atomic E-state index is 13.8. The first-order chi connectivity index (χ1) is 7.97. The lowest BCUT2D eigenvalue weighted by atomic mass is 10.1. The summed E-state index contributed by atoms with van der Waals surface area (Å²) in [6, 6.07) is 5.01. The van der Waals surface area contributed by atoms with Crippen LogP contribution in [0.4, 0.5) is 4.39 Å². The van der Waals surface area contributed by atoms with Gasteiger partial charge in [0.1, 0.15) is 5.52 Å². The van der Waals surface area contributed by atoms with E-state index in [9.17, 15) is 4.39 Å². The van der Waals surface area contributed by atoms with Gasteiger partial charge in [-0.25, -0.2) is 9.37 Å². The number of halogens is 3. The molecule has 2 rings (SSSR count). The maximum Gasteiger partial charge on any atom is 0.150 e. The molecule has 0 fully saturated rings. The molecule has 4 heteroatoms. The van der Waals surface area contributed by atoms with Gasteiger partial charge in [0.25, 0.3) is 0 Å². The molecule has 0 N–H and O–H groups in total. The monoisotopic (exact) mass is 315 g/mol. The smallest absolute Gasteiger partial charge is 0.150 e. The minimum absolute atomic E-state index is 0.344. The van der Waals surface area contributed by atoms with Crippen molar-refractivity contribution in [3.63, 3.8) is 0 Å². The summed E-state index contributed by atoms with van der Waals surface area (Å²) in [4.78, 5) is 4.34. The molecule has 1 heterocycles. The number of hydrogen-bond donors (Lipinski definition) is 0. The summed E-state index contributed by atoms with van der Waals surface area (Å²) >= 11 is 9.41. The van der Waals surface area contributed by atoms with Gasteiger partial charge in [0, 0.05) is 15.6 Å². The average Bonchev–Trinajstić information content (AvgIpc) is 2.19. The summed E-state index contributed by atoms with van der Waals surface area (Å²) in [7, 11) is 0. The molecule has 0 aliphatic carbocycles. The minimum atomic E-state index is -0.345. The van der Waals surface area contributed by atoms with Gasteiger partial charge in [0.2, 0.25) is 0 Å². The second kappa shape index (κ2) is 4.91. The maximum absolute atomic E-state index is 13.8. The van der Waals surface area contributed by atoms with Crippen molar-refractivity contribution >= 4 is 38.4 Å². The molecule has 0 spiro atoms. The Hall–Kier alpha value is -0.670. The molecule has 90 valence electrons. The van der Waals surface area contributed by atoms with Gasteiger partial charge in [-0.2, -0.15) is 0 Å². The van der Waals surface area contributed by atoms with E-state index in [2.05, 4.69) is 34.8 Å². The van der Waals surface area contributed by atoms with E-state index in [0.717, 1.165) is 12.1 Å². The van der Waals surface area contributed by atoms with Gasteiger partial charge in [-0.05, 0) is 30.5 Å². The van der Waals surface area contributed by atoms with Gasteiger partial charge in [-0.15, -0.1) is 0 Å². The first kappa shape index (κ1) is 12.8. The molecule has 1 nitrogen and oxygen atoms in total. The third kappa shape index (κ3) is 2.78. The van der Waals surface area contributed by atoms with Crippen molar-refractivity contribution < 1.29 is 4.39 Å². The summed E-state index contributed by atoms with van der Waals surface area (Å²) in [5, 5.41) is 1.19. The zero-order valence-electron chi connectivity index (χ0n) is 9.60. The molecule has 1 aromatic carbocycles. The first-order valence-electron chi connectivity index (χ1n) is 5.41. The van der Waals surface area contributed by atoms with Crippen molar-refractivity contribution in [2.75, 3.05) is 0 Å². The van der Waals surface area contributed by atoms with Crippen molar-refractivity contribution in [2.45, 2.75) is 20.3 Å². The van der Waals surface area contributed by atoms with Gasteiger partial charge >= 0.3 is 0 Å². The van der Waals surface area contributed by atoms with E-state index in [1.807, 2.05) is 6.07 Å². The van der Waals surface area contributed by atoms with Crippen LogP contribution in [0.15, 0.2) is 22.7 Å². The number of benzene rings is 1. The Morgan fingerprint density at radius 2 is 2.06 bits per heavy atom. The Labute approximate surface area is 113 Å². The molecule has 0 bridgehead atoms. The van der Waals surface area contributed by atoms with Crippen LogP contribution < -0.4 is 0 Å². The number of hydrogen-bond acceptors (Lipinski definition) is 1. The van der Waals surface area contributed by atoms with E-state index in [0.29, 0.717) is 26.3 Å². The molecule has 2 aromatic rings. The molecule has 0 aliphatic rings. The van der Waals surface area contributed by atoms with Gasteiger partial charge in [-0.3, -0.25) is 0 Å². The van der Waals surface area contributed by atoms with Crippen molar-refractivity contribution in [3.05, 3.63) is 39.2 Å². The Morgan fingerprint density at radius 3 is 2.71 bits per heavy atom. The van der Waals surface area contributed by atoms with Crippen LogP contribution in [0.2, 0.25) is 5.02 Å². The van der Waals surface area contributed by atoms with Crippen LogP contribution in [0.5, 0.6) is 0 Å². The third-order valence-corrected chi connectivity index (χ3v) is 3.22. The summed E-state index contributed by atoms with van der Waals surface area (Å²) in [5.74, 6) is 0.122. The zero-order valence-corrected chi connectivity index (χ0v) is 11.9. The zero-order chi connectivity index (χ0) is 12.6. The van der Waals surface area contributed by atoms with Crippen molar-refractivity contribution in [1.29, 1.82) is 0 Å². The predicted molar refractivity (Wildman–Crippen MR) is 73.0 cm³/mol. The Kier molecular flexibility index (Phi) is 3.69. The lowest BCUT2D eigenvalue weighted by Crippen LogP contribution is -1.99. The van der Waals surface area contributed by atoms with E-state index in [1.54, 1.807) is 6.07 Å². The quantitative estimate of drug-likeness (QED) is 0.760. The summed E-state index contributed by atoms with van der Waals surface area (Å²) in [5.41, 5.74) is 1.18. The van der Waals surface area contributed by atoms with Crippen LogP contribution in [0.1, 0.15) is 19.5 Å². The highest BCUT2D eigenvalue weighted by Crippen LogP contribution is 2.29. The first-order valence-corrected chi connectivity index (χ1v) is 6.58. The molecule has 0 atom stereocenters. The second-order valence-corrected chi connectivity index (χ2v) is 5.80. The van der Waals surface area contributed by atoms with Crippen LogP contribution in [0.3, 0.4) is 0 Å². The van der Waals surface area contributed by atoms with Crippen molar-refractivity contribution in [3.8, 4) is 0 Å². The number of aromatic nitrogens is 1. The SMILES string of the molecule is CC(C)Cc1cc(Cl)c2cc(Br)cc(F)c2n1.